The largest absolute Gasteiger partial charge is 0.324 e. The van der Waals surface area contributed by atoms with E-state index in [-0.39, 0.29) is 18.4 Å². The van der Waals surface area contributed by atoms with Crippen molar-refractivity contribution in [2.75, 3.05) is 0 Å². The zero-order valence-electron chi connectivity index (χ0n) is 8.16. The molecule has 1 rings (SSSR count). The van der Waals surface area contributed by atoms with Crippen molar-refractivity contribution in [2.45, 2.75) is 19.4 Å². The van der Waals surface area contributed by atoms with Gasteiger partial charge in [-0.3, -0.25) is 0 Å². The lowest BCUT2D eigenvalue weighted by Crippen LogP contribution is -2.11. The molecule has 2 N–H and O–H groups in total. The zero-order valence-corrected chi connectivity index (χ0v) is 9.74. The van der Waals surface area contributed by atoms with Crippen LogP contribution in [0.4, 0.5) is 0 Å². The molecule has 0 amide bonds. The Hall–Kier alpha value is -0.500. The first-order valence-corrected chi connectivity index (χ1v) is 4.66. The summed E-state index contributed by atoms with van der Waals surface area (Å²) >= 11 is 6.05. The minimum atomic E-state index is -0.0359. The summed E-state index contributed by atoms with van der Waals surface area (Å²) in [5, 5.41) is 0.745. The Bertz CT molecular complexity index is 290. The van der Waals surface area contributed by atoms with Gasteiger partial charge in [0, 0.05) is 11.1 Å². The van der Waals surface area contributed by atoms with Crippen molar-refractivity contribution in [1.29, 1.82) is 0 Å². The predicted octanol–water partition coefficient (Wildman–Crippen LogP) is 3.65. The molecule has 0 bridgehead atoms. The summed E-state index contributed by atoms with van der Waals surface area (Å²) < 4.78 is 0. The molecule has 0 radical (unpaired) electrons. The van der Waals surface area contributed by atoms with E-state index in [9.17, 15) is 0 Å². The van der Waals surface area contributed by atoms with E-state index >= 15 is 0 Å². The number of aryl methyl sites for hydroxylation is 1. The minimum Gasteiger partial charge on any atom is -0.324 e. The van der Waals surface area contributed by atoms with Crippen molar-refractivity contribution in [1.82, 2.24) is 0 Å². The fourth-order valence-corrected chi connectivity index (χ4v) is 1.77. The number of hydrogen-bond donors (Lipinski definition) is 1. The van der Waals surface area contributed by atoms with Crippen LogP contribution in [0.1, 0.15) is 23.6 Å². The Morgan fingerprint density at radius 2 is 2.21 bits per heavy atom. The molecule has 0 aliphatic rings. The van der Waals surface area contributed by atoms with E-state index in [2.05, 4.69) is 6.58 Å². The van der Waals surface area contributed by atoms with Gasteiger partial charge in [0.15, 0.2) is 0 Å². The second kappa shape index (κ2) is 6.07. The van der Waals surface area contributed by atoms with Gasteiger partial charge < -0.3 is 5.73 Å². The minimum absolute atomic E-state index is 0. The zero-order chi connectivity index (χ0) is 9.84. The molecule has 0 unspecified atom stereocenters. The van der Waals surface area contributed by atoms with E-state index in [1.165, 1.54) is 0 Å². The Labute approximate surface area is 96.4 Å². The first-order valence-electron chi connectivity index (χ1n) is 4.28. The third kappa shape index (κ3) is 3.02. The van der Waals surface area contributed by atoms with Crippen LogP contribution in [0.5, 0.6) is 0 Å². The molecular formula is C11H15Cl2N. The molecule has 0 heterocycles. The van der Waals surface area contributed by atoms with Gasteiger partial charge in [-0.2, -0.15) is 0 Å². The average Bonchev–Trinajstić information content (AvgIpc) is 2.04. The van der Waals surface area contributed by atoms with Crippen LogP contribution in [0.15, 0.2) is 30.9 Å². The van der Waals surface area contributed by atoms with Crippen LogP contribution in [-0.4, -0.2) is 0 Å². The van der Waals surface area contributed by atoms with Crippen LogP contribution in [-0.2, 0) is 0 Å². The molecule has 0 aliphatic carbocycles. The summed E-state index contributed by atoms with van der Waals surface area (Å²) in [4.78, 5) is 0. The summed E-state index contributed by atoms with van der Waals surface area (Å²) in [6.45, 7) is 5.68. The van der Waals surface area contributed by atoms with E-state index in [1.807, 2.05) is 31.2 Å². The van der Waals surface area contributed by atoms with Crippen molar-refractivity contribution in [2.24, 2.45) is 5.73 Å². The maximum Gasteiger partial charge on any atom is 0.0456 e. The van der Waals surface area contributed by atoms with Gasteiger partial charge in [0.2, 0.25) is 0 Å². The van der Waals surface area contributed by atoms with Crippen molar-refractivity contribution in [3.63, 3.8) is 0 Å². The number of nitrogens with two attached hydrogens (primary N) is 1. The molecule has 3 heteroatoms. The molecule has 0 aromatic heterocycles. The number of halogens is 2. The lowest BCUT2D eigenvalue weighted by molar-refractivity contribution is 0.736. The monoisotopic (exact) mass is 231 g/mol. The fraction of sp³-hybridized carbons (Fsp3) is 0.273. The third-order valence-electron chi connectivity index (χ3n) is 2.06. The van der Waals surface area contributed by atoms with Gasteiger partial charge in [-0.15, -0.1) is 19.0 Å². The Kier molecular flexibility index (Phi) is 5.86. The Morgan fingerprint density at radius 3 is 2.71 bits per heavy atom. The van der Waals surface area contributed by atoms with Crippen molar-refractivity contribution < 1.29 is 0 Å². The van der Waals surface area contributed by atoms with Crippen LogP contribution in [0.3, 0.4) is 0 Å². The van der Waals surface area contributed by atoms with Crippen molar-refractivity contribution >= 4 is 24.0 Å². The molecule has 1 aromatic rings. The summed E-state index contributed by atoms with van der Waals surface area (Å²) in [5.41, 5.74) is 8.12. The molecule has 1 nitrogen and oxygen atoms in total. The molecule has 14 heavy (non-hydrogen) atoms. The highest BCUT2D eigenvalue weighted by Crippen LogP contribution is 2.26. The first kappa shape index (κ1) is 13.5. The summed E-state index contributed by atoms with van der Waals surface area (Å²) in [6.07, 6.45) is 2.57. The SMILES string of the molecule is C=CC[C@@H](N)c1c(C)cccc1Cl.Cl. The number of rotatable bonds is 3. The highest BCUT2D eigenvalue weighted by Gasteiger charge is 2.10. The lowest BCUT2D eigenvalue weighted by atomic mass is 9.99. The van der Waals surface area contributed by atoms with Gasteiger partial charge in [0.25, 0.3) is 0 Å². The van der Waals surface area contributed by atoms with E-state index in [0.717, 1.165) is 22.6 Å². The molecular weight excluding hydrogens is 217 g/mol. The quantitative estimate of drug-likeness (QED) is 0.791. The van der Waals surface area contributed by atoms with Gasteiger partial charge >= 0.3 is 0 Å². The van der Waals surface area contributed by atoms with E-state index < -0.39 is 0 Å². The van der Waals surface area contributed by atoms with Gasteiger partial charge in [0.1, 0.15) is 0 Å². The van der Waals surface area contributed by atoms with Crippen LogP contribution in [0.25, 0.3) is 0 Å². The van der Waals surface area contributed by atoms with Gasteiger partial charge in [-0.1, -0.05) is 29.8 Å². The average molecular weight is 232 g/mol. The van der Waals surface area contributed by atoms with Crippen molar-refractivity contribution in [3.8, 4) is 0 Å². The standard InChI is InChI=1S/C11H14ClN.ClH/c1-3-5-10(13)11-8(2)6-4-7-9(11)12;/h3-4,6-7,10H,1,5,13H2,2H3;1H/t10-;/m1./s1. The normalized spacial score (nSPS) is 11.6. The second-order valence-corrected chi connectivity index (χ2v) is 3.51. The lowest BCUT2D eigenvalue weighted by Gasteiger charge is -2.14. The number of benzene rings is 1. The molecule has 1 aromatic carbocycles. The molecule has 78 valence electrons. The molecule has 0 saturated heterocycles. The topological polar surface area (TPSA) is 26.0 Å². The third-order valence-corrected chi connectivity index (χ3v) is 2.39. The van der Waals surface area contributed by atoms with E-state index in [1.54, 1.807) is 0 Å². The molecule has 0 spiro atoms. The summed E-state index contributed by atoms with van der Waals surface area (Å²) in [5.74, 6) is 0. The molecule has 0 saturated carbocycles. The summed E-state index contributed by atoms with van der Waals surface area (Å²) in [7, 11) is 0. The predicted molar refractivity (Wildman–Crippen MR) is 65.2 cm³/mol. The van der Waals surface area contributed by atoms with E-state index in [0.29, 0.717) is 0 Å². The van der Waals surface area contributed by atoms with Crippen LogP contribution >= 0.6 is 24.0 Å². The fourth-order valence-electron chi connectivity index (χ4n) is 1.41. The second-order valence-electron chi connectivity index (χ2n) is 3.10. The van der Waals surface area contributed by atoms with E-state index in [4.69, 9.17) is 17.3 Å². The van der Waals surface area contributed by atoms with Gasteiger partial charge in [-0.25, -0.2) is 0 Å². The van der Waals surface area contributed by atoms with Gasteiger partial charge in [0.05, 0.1) is 0 Å². The molecule has 1 atom stereocenters. The number of hydrogen-bond acceptors (Lipinski definition) is 1. The maximum absolute atomic E-state index is 6.05. The Morgan fingerprint density at radius 1 is 1.57 bits per heavy atom. The highest BCUT2D eigenvalue weighted by atomic mass is 35.5. The van der Waals surface area contributed by atoms with Crippen LogP contribution in [0, 0.1) is 6.92 Å². The smallest absolute Gasteiger partial charge is 0.0456 e. The first-order chi connectivity index (χ1) is 6.16. The van der Waals surface area contributed by atoms with Crippen LogP contribution in [0.2, 0.25) is 5.02 Å². The molecule has 0 aliphatic heterocycles. The maximum atomic E-state index is 6.05. The molecule has 0 fully saturated rings. The Balaban J connectivity index is 0.00000169. The summed E-state index contributed by atoms with van der Waals surface area (Å²) in [6, 6.07) is 5.78. The van der Waals surface area contributed by atoms with Gasteiger partial charge in [-0.05, 0) is 30.5 Å². The van der Waals surface area contributed by atoms with Crippen molar-refractivity contribution in [3.05, 3.63) is 47.0 Å². The van der Waals surface area contributed by atoms with Crippen LogP contribution < -0.4 is 5.73 Å². The highest BCUT2D eigenvalue weighted by molar-refractivity contribution is 6.31.